The van der Waals surface area contributed by atoms with Crippen molar-refractivity contribution in [2.75, 3.05) is 26.0 Å². The van der Waals surface area contributed by atoms with Gasteiger partial charge in [-0.1, -0.05) is 12.1 Å². The van der Waals surface area contributed by atoms with Crippen molar-refractivity contribution in [3.63, 3.8) is 0 Å². The van der Waals surface area contributed by atoms with Crippen molar-refractivity contribution < 1.29 is 13.2 Å². The second kappa shape index (κ2) is 8.14. The van der Waals surface area contributed by atoms with Gasteiger partial charge in [0, 0.05) is 25.9 Å². The SMILES string of the molecule is COCCCCCNS(=O)(=O)Cc1cccc(N)c1. The van der Waals surface area contributed by atoms with Gasteiger partial charge in [-0.3, -0.25) is 0 Å². The minimum absolute atomic E-state index is 0.0316. The van der Waals surface area contributed by atoms with Crippen LogP contribution in [0.15, 0.2) is 24.3 Å². The Morgan fingerprint density at radius 3 is 2.74 bits per heavy atom. The Kier molecular flexibility index (Phi) is 6.83. The zero-order valence-corrected chi connectivity index (χ0v) is 12.1. The van der Waals surface area contributed by atoms with Crippen LogP contribution in [0.1, 0.15) is 24.8 Å². The number of unbranched alkanes of at least 4 members (excludes halogenated alkanes) is 2. The van der Waals surface area contributed by atoms with E-state index in [2.05, 4.69) is 4.72 Å². The van der Waals surface area contributed by atoms with Crippen LogP contribution in [-0.4, -0.2) is 28.7 Å². The molecule has 0 aliphatic carbocycles. The van der Waals surface area contributed by atoms with Crippen LogP contribution in [0, 0.1) is 0 Å². The summed E-state index contributed by atoms with van der Waals surface area (Å²) in [5.41, 5.74) is 6.90. The molecular weight excluding hydrogens is 264 g/mol. The summed E-state index contributed by atoms with van der Waals surface area (Å²) in [6.45, 7) is 1.18. The molecule has 0 amide bonds. The van der Waals surface area contributed by atoms with Gasteiger partial charge in [0.15, 0.2) is 0 Å². The number of benzene rings is 1. The van der Waals surface area contributed by atoms with E-state index in [9.17, 15) is 8.42 Å². The average Bonchev–Trinajstić information content (AvgIpc) is 2.33. The van der Waals surface area contributed by atoms with Crippen LogP contribution in [0.2, 0.25) is 0 Å². The molecule has 1 aromatic rings. The molecule has 3 N–H and O–H groups in total. The molecule has 1 rings (SSSR count). The first-order valence-electron chi connectivity index (χ1n) is 6.34. The number of ether oxygens (including phenoxy) is 1. The quantitative estimate of drug-likeness (QED) is 0.532. The number of rotatable bonds is 9. The van der Waals surface area contributed by atoms with Gasteiger partial charge in [-0.25, -0.2) is 13.1 Å². The van der Waals surface area contributed by atoms with Crippen LogP contribution in [0.4, 0.5) is 5.69 Å². The van der Waals surface area contributed by atoms with Gasteiger partial charge in [-0.05, 0) is 37.0 Å². The highest BCUT2D eigenvalue weighted by atomic mass is 32.2. The molecule has 19 heavy (non-hydrogen) atoms. The first kappa shape index (κ1) is 15.9. The Hall–Kier alpha value is -1.11. The second-order valence-corrected chi connectivity index (χ2v) is 6.26. The van der Waals surface area contributed by atoms with E-state index in [0.717, 1.165) is 25.9 Å². The van der Waals surface area contributed by atoms with Crippen molar-refractivity contribution in [2.45, 2.75) is 25.0 Å². The normalized spacial score (nSPS) is 11.6. The van der Waals surface area contributed by atoms with Gasteiger partial charge in [-0.2, -0.15) is 0 Å². The van der Waals surface area contributed by atoms with Gasteiger partial charge in [0.2, 0.25) is 10.0 Å². The highest BCUT2D eigenvalue weighted by molar-refractivity contribution is 7.88. The number of hydrogen-bond acceptors (Lipinski definition) is 4. The van der Waals surface area contributed by atoms with Gasteiger partial charge >= 0.3 is 0 Å². The van der Waals surface area contributed by atoms with Gasteiger partial charge in [0.25, 0.3) is 0 Å². The molecule has 0 saturated carbocycles. The third kappa shape index (κ3) is 7.15. The van der Waals surface area contributed by atoms with Gasteiger partial charge in [-0.15, -0.1) is 0 Å². The Morgan fingerprint density at radius 1 is 1.26 bits per heavy atom. The molecule has 0 aromatic heterocycles. The molecule has 0 unspecified atom stereocenters. The molecule has 0 spiro atoms. The lowest BCUT2D eigenvalue weighted by Gasteiger charge is -2.07. The predicted molar refractivity (Wildman–Crippen MR) is 77.2 cm³/mol. The first-order valence-corrected chi connectivity index (χ1v) is 7.99. The predicted octanol–water partition coefficient (Wildman–Crippen LogP) is 1.50. The summed E-state index contributed by atoms with van der Waals surface area (Å²) in [6, 6.07) is 6.93. The maximum atomic E-state index is 11.8. The lowest BCUT2D eigenvalue weighted by atomic mass is 10.2. The molecule has 0 radical (unpaired) electrons. The Labute approximate surface area is 115 Å². The van der Waals surface area contributed by atoms with E-state index in [1.807, 2.05) is 0 Å². The summed E-state index contributed by atoms with van der Waals surface area (Å²) in [7, 11) is -1.62. The van der Waals surface area contributed by atoms with Gasteiger partial charge in [0.1, 0.15) is 0 Å². The van der Waals surface area contributed by atoms with Crippen LogP contribution in [-0.2, 0) is 20.5 Å². The van der Waals surface area contributed by atoms with E-state index in [0.29, 0.717) is 17.8 Å². The molecule has 0 atom stereocenters. The Morgan fingerprint density at radius 2 is 2.05 bits per heavy atom. The largest absolute Gasteiger partial charge is 0.399 e. The van der Waals surface area contributed by atoms with Crippen molar-refractivity contribution in [3.05, 3.63) is 29.8 Å². The van der Waals surface area contributed by atoms with Crippen molar-refractivity contribution in [1.82, 2.24) is 4.72 Å². The zero-order valence-electron chi connectivity index (χ0n) is 11.3. The van der Waals surface area contributed by atoms with E-state index in [-0.39, 0.29) is 5.75 Å². The molecule has 0 bridgehead atoms. The van der Waals surface area contributed by atoms with Crippen molar-refractivity contribution in [1.29, 1.82) is 0 Å². The molecular formula is C13H22N2O3S. The number of methoxy groups -OCH3 is 1. The topological polar surface area (TPSA) is 81.4 Å². The van der Waals surface area contributed by atoms with Crippen LogP contribution in [0.5, 0.6) is 0 Å². The molecule has 0 aliphatic rings. The fraction of sp³-hybridized carbons (Fsp3) is 0.538. The first-order chi connectivity index (χ1) is 9.03. The van der Waals surface area contributed by atoms with E-state index < -0.39 is 10.0 Å². The maximum absolute atomic E-state index is 11.8. The number of nitrogen functional groups attached to an aromatic ring is 1. The summed E-state index contributed by atoms with van der Waals surface area (Å²) in [5, 5.41) is 0. The van der Waals surface area contributed by atoms with Crippen molar-refractivity contribution in [3.8, 4) is 0 Å². The van der Waals surface area contributed by atoms with Crippen LogP contribution >= 0.6 is 0 Å². The molecule has 108 valence electrons. The van der Waals surface area contributed by atoms with Crippen LogP contribution < -0.4 is 10.5 Å². The van der Waals surface area contributed by atoms with E-state index >= 15 is 0 Å². The number of hydrogen-bond donors (Lipinski definition) is 2. The number of sulfonamides is 1. The monoisotopic (exact) mass is 286 g/mol. The van der Waals surface area contributed by atoms with Crippen LogP contribution in [0.25, 0.3) is 0 Å². The van der Waals surface area contributed by atoms with Gasteiger partial charge < -0.3 is 10.5 Å². The fourth-order valence-corrected chi connectivity index (χ4v) is 2.90. The average molecular weight is 286 g/mol. The highest BCUT2D eigenvalue weighted by Gasteiger charge is 2.10. The highest BCUT2D eigenvalue weighted by Crippen LogP contribution is 2.09. The van der Waals surface area contributed by atoms with E-state index in [4.69, 9.17) is 10.5 Å². The minimum Gasteiger partial charge on any atom is -0.399 e. The lowest BCUT2D eigenvalue weighted by molar-refractivity contribution is 0.192. The molecule has 0 aliphatic heterocycles. The maximum Gasteiger partial charge on any atom is 0.215 e. The van der Waals surface area contributed by atoms with Gasteiger partial charge in [0.05, 0.1) is 5.75 Å². The molecule has 5 nitrogen and oxygen atoms in total. The number of nitrogens with one attached hydrogen (secondary N) is 1. The number of anilines is 1. The lowest BCUT2D eigenvalue weighted by Crippen LogP contribution is -2.26. The standard InChI is InChI=1S/C13H22N2O3S/c1-18-9-4-2-3-8-15-19(16,17)11-12-6-5-7-13(14)10-12/h5-7,10,15H,2-4,8-9,11,14H2,1H3. The Balaban J connectivity index is 2.32. The molecule has 0 saturated heterocycles. The summed E-state index contributed by atoms with van der Waals surface area (Å²) in [5.74, 6) is -0.0316. The molecule has 0 heterocycles. The third-order valence-electron chi connectivity index (χ3n) is 2.65. The zero-order chi connectivity index (χ0) is 14.1. The molecule has 1 aromatic carbocycles. The fourth-order valence-electron chi connectivity index (χ4n) is 1.73. The van der Waals surface area contributed by atoms with E-state index in [1.165, 1.54) is 0 Å². The Bertz CT molecular complexity index is 475. The second-order valence-electron chi connectivity index (χ2n) is 4.45. The summed E-state index contributed by atoms with van der Waals surface area (Å²) >= 11 is 0. The number of nitrogens with two attached hydrogens (primary N) is 1. The summed E-state index contributed by atoms with van der Waals surface area (Å²) in [4.78, 5) is 0. The van der Waals surface area contributed by atoms with Crippen molar-refractivity contribution >= 4 is 15.7 Å². The summed E-state index contributed by atoms with van der Waals surface area (Å²) in [6.07, 6.45) is 2.72. The summed E-state index contributed by atoms with van der Waals surface area (Å²) < 4.78 is 31.2. The third-order valence-corrected chi connectivity index (χ3v) is 4.01. The van der Waals surface area contributed by atoms with Crippen LogP contribution in [0.3, 0.4) is 0 Å². The van der Waals surface area contributed by atoms with Crippen molar-refractivity contribution in [2.24, 2.45) is 0 Å². The molecule has 0 fully saturated rings. The minimum atomic E-state index is -3.28. The van der Waals surface area contributed by atoms with E-state index in [1.54, 1.807) is 31.4 Å². The smallest absolute Gasteiger partial charge is 0.215 e. The molecule has 6 heteroatoms.